The molecule has 1 aromatic heterocycles. The van der Waals surface area contributed by atoms with Crippen LogP contribution in [0.15, 0.2) is 41.8 Å². The summed E-state index contributed by atoms with van der Waals surface area (Å²) < 4.78 is 5.55. The number of thiophene rings is 1. The van der Waals surface area contributed by atoms with Crippen molar-refractivity contribution in [2.75, 3.05) is 11.4 Å². The van der Waals surface area contributed by atoms with Crippen LogP contribution in [-0.2, 0) is 4.79 Å². The minimum atomic E-state index is -0.568. The Morgan fingerprint density at radius 2 is 2.10 bits per heavy atom. The summed E-state index contributed by atoms with van der Waals surface area (Å²) in [6.07, 6.45) is -0.568. The molecule has 0 saturated heterocycles. The zero-order valence-corrected chi connectivity index (χ0v) is 11.7. The van der Waals surface area contributed by atoms with Crippen LogP contribution in [-0.4, -0.2) is 24.3 Å². The van der Waals surface area contributed by atoms with E-state index in [0.29, 0.717) is 16.3 Å². The van der Waals surface area contributed by atoms with Crippen LogP contribution in [0.3, 0.4) is 0 Å². The Kier molecular flexibility index (Phi) is 3.28. The lowest BCUT2D eigenvalue weighted by Gasteiger charge is -2.32. The Labute approximate surface area is 120 Å². The van der Waals surface area contributed by atoms with Gasteiger partial charge in [0, 0.05) is 0 Å². The average Bonchev–Trinajstić information content (AvgIpc) is 2.98. The zero-order valence-electron chi connectivity index (χ0n) is 10.9. The molecule has 0 saturated carbocycles. The van der Waals surface area contributed by atoms with E-state index in [2.05, 4.69) is 0 Å². The SMILES string of the molecule is CC1Oc2ccccc2N(CC(=O)c2cccs2)C1=O. The van der Waals surface area contributed by atoms with Crippen molar-refractivity contribution in [2.45, 2.75) is 13.0 Å². The zero-order chi connectivity index (χ0) is 14.1. The van der Waals surface area contributed by atoms with E-state index in [4.69, 9.17) is 4.74 Å². The Morgan fingerprint density at radius 1 is 1.30 bits per heavy atom. The number of carbonyl (C=O) groups is 2. The summed E-state index contributed by atoms with van der Waals surface area (Å²) in [6.45, 7) is 1.74. The molecule has 4 nitrogen and oxygen atoms in total. The Bertz CT molecular complexity index is 651. The van der Waals surface area contributed by atoms with Crippen molar-refractivity contribution in [3.8, 4) is 5.75 Å². The first-order valence-electron chi connectivity index (χ1n) is 6.30. The monoisotopic (exact) mass is 287 g/mol. The summed E-state index contributed by atoms with van der Waals surface area (Å²) in [5.74, 6) is 0.393. The summed E-state index contributed by atoms with van der Waals surface area (Å²) in [5, 5.41) is 1.85. The van der Waals surface area contributed by atoms with E-state index in [9.17, 15) is 9.59 Å². The highest BCUT2D eigenvalue weighted by molar-refractivity contribution is 7.12. The second kappa shape index (κ2) is 5.09. The number of rotatable bonds is 3. The predicted molar refractivity (Wildman–Crippen MR) is 77.5 cm³/mol. The first kappa shape index (κ1) is 12.9. The number of nitrogens with zero attached hydrogens (tertiary/aromatic N) is 1. The highest BCUT2D eigenvalue weighted by atomic mass is 32.1. The second-order valence-corrected chi connectivity index (χ2v) is 5.50. The van der Waals surface area contributed by atoms with Crippen molar-refractivity contribution in [1.82, 2.24) is 0 Å². The molecule has 1 atom stereocenters. The van der Waals surface area contributed by atoms with Gasteiger partial charge in [-0.3, -0.25) is 14.5 Å². The van der Waals surface area contributed by atoms with Crippen LogP contribution in [0.1, 0.15) is 16.6 Å². The van der Waals surface area contributed by atoms with Gasteiger partial charge in [-0.2, -0.15) is 0 Å². The van der Waals surface area contributed by atoms with E-state index >= 15 is 0 Å². The van der Waals surface area contributed by atoms with Crippen LogP contribution < -0.4 is 9.64 Å². The number of anilines is 1. The van der Waals surface area contributed by atoms with E-state index in [1.165, 1.54) is 16.2 Å². The third-order valence-corrected chi connectivity index (χ3v) is 4.08. The van der Waals surface area contributed by atoms with Gasteiger partial charge in [0.25, 0.3) is 5.91 Å². The molecule has 20 heavy (non-hydrogen) atoms. The van der Waals surface area contributed by atoms with Crippen LogP contribution in [0, 0.1) is 0 Å². The minimum Gasteiger partial charge on any atom is -0.479 e. The van der Waals surface area contributed by atoms with Gasteiger partial charge >= 0.3 is 0 Å². The van der Waals surface area contributed by atoms with E-state index in [1.807, 2.05) is 23.6 Å². The highest BCUT2D eigenvalue weighted by Crippen LogP contribution is 2.33. The molecule has 0 fully saturated rings. The fourth-order valence-corrected chi connectivity index (χ4v) is 2.84. The summed E-state index contributed by atoms with van der Waals surface area (Å²) >= 11 is 1.38. The predicted octanol–water partition coefficient (Wildman–Crippen LogP) is 2.74. The van der Waals surface area contributed by atoms with Gasteiger partial charge in [0.05, 0.1) is 17.1 Å². The lowest BCUT2D eigenvalue weighted by Crippen LogP contribution is -2.46. The molecule has 0 N–H and O–H groups in total. The summed E-state index contributed by atoms with van der Waals surface area (Å²) in [5.41, 5.74) is 0.653. The maximum atomic E-state index is 12.2. The van der Waals surface area contributed by atoms with Crippen LogP contribution >= 0.6 is 11.3 Å². The lowest BCUT2D eigenvalue weighted by atomic mass is 10.1. The standard InChI is InChI=1S/C15H13NO3S/c1-10-15(18)16(9-12(17)14-7-4-8-20-14)11-5-2-3-6-13(11)19-10/h2-8,10H,9H2,1H3. The molecule has 0 spiro atoms. The molecule has 1 amide bonds. The number of hydrogen-bond acceptors (Lipinski definition) is 4. The third-order valence-electron chi connectivity index (χ3n) is 3.17. The topological polar surface area (TPSA) is 46.6 Å². The van der Waals surface area contributed by atoms with E-state index in [-0.39, 0.29) is 18.2 Å². The molecule has 1 aliphatic rings. The van der Waals surface area contributed by atoms with E-state index in [0.717, 1.165) is 0 Å². The van der Waals surface area contributed by atoms with Gasteiger partial charge in [-0.05, 0) is 30.5 Å². The van der Waals surface area contributed by atoms with Gasteiger partial charge in [0.1, 0.15) is 5.75 Å². The van der Waals surface area contributed by atoms with Crippen molar-refractivity contribution < 1.29 is 14.3 Å². The summed E-state index contributed by atoms with van der Waals surface area (Å²) in [4.78, 5) is 26.6. The average molecular weight is 287 g/mol. The van der Waals surface area contributed by atoms with Crippen LogP contribution in [0.25, 0.3) is 0 Å². The summed E-state index contributed by atoms with van der Waals surface area (Å²) in [7, 11) is 0. The number of Topliss-reactive ketones (excluding diaryl/α,β-unsaturated/α-hetero) is 1. The Morgan fingerprint density at radius 3 is 2.85 bits per heavy atom. The van der Waals surface area contributed by atoms with Crippen molar-refractivity contribution in [3.63, 3.8) is 0 Å². The van der Waals surface area contributed by atoms with Gasteiger partial charge in [0.2, 0.25) is 0 Å². The Balaban J connectivity index is 1.91. The molecule has 1 aromatic carbocycles. The third kappa shape index (κ3) is 2.20. The number of benzene rings is 1. The van der Waals surface area contributed by atoms with Gasteiger partial charge in [-0.1, -0.05) is 18.2 Å². The smallest absolute Gasteiger partial charge is 0.268 e. The number of para-hydroxylation sites is 2. The molecular formula is C15H13NO3S. The van der Waals surface area contributed by atoms with Gasteiger partial charge < -0.3 is 4.74 Å². The molecule has 2 heterocycles. The molecule has 0 bridgehead atoms. The second-order valence-electron chi connectivity index (χ2n) is 4.55. The van der Waals surface area contributed by atoms with Gasteiger partial charge in [-0.15, -0.1) is 11.3 Å². The molecule has 102 valence electrons. The lowest BCUT2D eigenvalue weighted by molar-refractivity contribution is -0.125. The Hall–Kier alpha value is -2.14. The van der Waals surface area contributed by atoms with Crippen molar-refractivity contribution in [2.24, 2.45) is 0 Å². The molecule has 1 unspecified atom stereocenters. The number of ketones is 1. The van der Waals surface area contributed by atoms with Crippen molar-refractivity contribution in [1.29, 1.82) is 0 Å². The number of hydrogen-bond donors (Lipinski definition) is 0. The van der Waals surface area contributed by atoms with Gasteiger partial charge in [0.15, 0.2) is 11.9 Å². The quantitative estimate of drug-likeness (QED) is 0.815. The number of carbonyl (C=O) groups excluding carboxylic acids is 2. The van der Waals surface area contributed by atoms with Gasteiger partial charge in [-0.25, -0.2) is 0 Å². The number of fused-ring (bicyclic) bond motifs is 1. The molecule has 0 aliphatic carbocycles. The molecule has 1 aliphatic heterocycles. The maximum absolute atomic E-state index is 12.2. The fourth-order valence-electron chi connectivity index (χ4n) is 2.18. The largest absolute Gasteiger partial charge is 0.479 e. The normalized spacial score (nSPS) is 17.6. The van der Waals surface area contributed by atoms with E-state index in [1.54, 1.807) is 25.1 Å². The van der Waals surface area contributed by atoms with Crippen LogP contribution in [0.4, 0.5) is 5.69 Å². The van der Waals surface area contributed by atoms with Crippen molar-refractivity contribution >= 4 is 28.7 Å². The molecule has 3 rings (SSSR count). The molecule has 2 aromatic rings. The first-order chi connectivity index (χ1) is 9.66. The van der Waals surface area contributed by atoms with Crippen LogP contribution in [0.2, 0.25) is 0 Å². The van der Waals surface area contributed by atoms with Crippen LogP contribution in [0.5, 0.6) is 5.75 Å². The minimum absolute atomic E-state index is 0.0457. The maximum Gasteiger partial charge on any atom is 0.268 e. The fraction of sp³-hybridized carbons (Fsp3) is 0.200. The molecule has 0 radical (unpaired) electrons. The molecular weight excluding hydrogens is 274 g/mol. The number of amides is 1. The van der Waals surface area contributed by atoms with Crippen molar-refractivity contribution in [3.05, 3.63) is 46.7 Å². The molecule has 5 heteroatoms. The first-order valence-corrected chi connectivity index (χ1v) is 7.18. The summed E-state index contributed by atoms with van der Waals surface area (Å²) in [6, 6.07) is 10.9. The highest BCUT2D eigenvalue weighted by Gasteiger charge is 2.32. The number of ether oxygens (including phenoxy) is 1. The van der Waals surface area contributed by atoms with E-state index < -0.39 is 6.10 Å².